The van der Waals surface area contributed by atoms with Gasteiger partial charge in [-0.25, -0.2) is 4.98 Å². The number of carboxylic acid groups (broad SMARTS) is 1. The maximum absolute atomic E-state index is 13.3. The minimum Gasteiger partial charge on any atom is -0.481 e. The van der Waals surface area contributed by atoms with E-state index in [0.717, 1.165) is 40.6 Å². The van der Waals surface area contributed by atoms with Crippen molar-refractivity contribution in [3.8, 4) is 0 Å². The van der Waals surface area contributed by atoms with Gasteiger partial charge in [-0.15, -0.1) is 11.3 Å². The fourth-order valence-electron chi connectivity index (χ4n) is 3.66. The number of halogens is 1. The summed E-state index contributed by atoms with van der Waals surface area (Å²) in [5.41, 5.74) is 2.13. The zero-order valence-corrected chi connectivity index (χ0v) is 16.3. The highest BCUT2D eigenvalue weighted by Gasteiger charge is 2.23. The van der Waals surface area contributed by atoms with Crippen LogP contribution in [0, 0.1) is 0 Å². The second-order valence-corrected chi connectivity index (χ2v) is 8.34. The molecule has 0 saturated carbocycles. The van der Waals surface area contributed by atoms with Crippen molar-refractivity contribution in [3.63, 3.8) is 0 Å². The van der Waals surface area contributed by atoms with Crippen molar-refractivity contribution < 1.29 is 9.90 Å². The molecule has 0 bridgehead atoms. The lowest BCUT2D eigenvalue weighted by Gasteiger charge is -2.13. The van der Waals surface area contributed by atoms with E-state index in [-0.39, 0.29) is 12.0 Å². The van der Waals surface area contributed by atoms with Crippen LogP contribution in [0.5, 0.6) is 0 Å². The molecule has 1 aromatic carbocycles. The summed E-state index contributed by atoms with van der Waals surface area (Å²) in [6.07, 6.45) is 3.98. The number of fused-ring (bicyclic) bond motifs is 3. The van der Waals surface area contributed by atoms with E-state index in [9.17, 15) is 9.59 Å². The minimum absolute atomic E-state index is 0.0336. The number of benzene rings is 1. The molecule has 0 saturated heterocycles. The number of carboxylic acids is 1. The fraction of sp³-hybridized carbons (Fsp3) is 0.350. The Labute approximate surface area is 165 Å². The van der Waals surface area contributed by atoms with Gasteiger partial charge >= 0.3 is 5.97 Å². The zero-order valence-electron chi connectivity index (χ0n) is 14.7. The molecule has 1 N–H and O–H groups in total. The molecular formula is C20H19ClN2O3S. The lowest BCUT2D eigenvalue weighted by atomic mass is 10.1. The quantitative estimate of drug-likeness (QED) is 0.675. The molecule has 0 radical (unpaired) electrons. The van der Waals surface area contributed by atoms with Gasteiger partial charge in [0.1, 0.15) is 10.7 Å². The number of hydrogen-bond acceptors (Lipinski definition) is 4. The first-order valence-corrected chi connectivity index (χ1v) is 10.2. The molecule has 3 aromatic rings. The maximum Gasteiger partial charge on any atom is 0.303 e. The number of aromatic nitrogens is 2. The van der Waals surface area contributed by atoms with Gasteiger partial charge in [0, 0.05) is 29.3 Å². The van der Waals surface area contributed by atoms with Crippen molar-refractivity contribution in [1.29, 1.82) is 0 Å². The normalized spacial score (nSPS) is 13.2. The zero-order chi connectivity index (χ0) is 19.0. The van der Waals surface area contributed by atoms with E-state index < -0.39 is 5.97 Å². The topological polar surface area (TPSA) is 72.2 Å². The average molecular weight is 403 g/mol. The minimum atomic E-state index is -0.854. The highest BCUT2D eigenvalue weighted by atomic mass is 35.5. The third-order valence-corrected chi connectivity index (χ3v) is 6.39. The average Bonchev–Trinajstić information content (AvgIpc) is 3.20. The fourth-order valence-corrected chi connectivity index (χ4v) is 5.05. The molecule has 0 unspecified atom stereocenters. The van der Waals surface area contributed by atoms with Gasteiger partial charge < -0.3 is 5.11 Å². The first-order valence-electron chi connectivity index (χ1n) is 9.03. The Kier molecular flexibility index (Phi) is 5.02. The molecule has 7 heteroatoms. The monoisotopic (exact) mass is 402 g/mol. The first-order chi connectivity index (χ1) is 13.0. The van der Waals surface area contributed by atoms with Gasteiger partial charge in [-0.2, -0.15) is 0 Å². The molecule has 0 atom stereocenters. The molecule has 0 spiro atoms. The number of aryl methyl sites for hydroxylation is 2. The van der Waals surface area contributed by atoms with Crippen LogP contribution in [-0.4, -0.2) is 20.6 Å². The third-order valence-electron chi connectivity index (χ3n) is 4.95. The summed E-state index contributed by atoms with van der Waals surface area (Å²) < 4.78 is 1.67. The van der Waals surface area contributed by atoms with Crippen LogP contribution < -0.4 is 5.56 Å². The molecule has 1 aliphatic carbocycles. The van der Waals surface area contributed by atoms with Crippen molar-refractivity contribution in [1.82, 2.24) is 9.55 Å². The number of thiophene rings is 1. The predicted molar refractivity (Wildman–Crippen MR) is 107 cm³/mol. The number of carbonyl (C=O) groups is 1. The smallest absolute Gasteiger partial charge is 0.303 e. The summed E-state index contributed by atoms with van der Waals surface area (Å²) in [6, 6.07) is 7.49. The van der Waals surface area contributed by atoms with Gasteiger partial charge in [0.15, 0.2) is 0 Å². The number of hydrogen-bond donors (Lipinski definition) is 1. The molecule has 2 heterocycles. The Morgan fingerprint density at radius 1 is 1.26 bits per heavy atom. The van der Waals surface area contributed by atoms with Crippen LogP contribution in [-0.2, 0) is 30.6 Å². The third kappa shape index (κ3) is 3.64. The van der Waals surface area contributed by atoms with Gasteiger partial charge in [-0.3, -0.25) is 14.2 Å². The van der Waals surface area contributed by atoms with E-state index in [1.165, 1.54) is 4.88 Å². The predicted octanol–water partition coefficient (Wildman–Crippen LogP) is 4.06. The molecule has 1 aliphatic rings. The second kappa shape index (κ2) is 7.44. The Balaban J connectivity index is 1.78. The molecule has 27 heavy (non-hydrogen) atoms. The van der Waals surface area contributed by atoms with E-state index >= 15 is 0 Å². The highest BCUT2D eigenvalue weighted by molar-refractivity contribution is 7.18. The van der Waals surface area contributed by atoms with E-state index in [0.29, 0.717) is 30.2 Å². The molecule has 0 aliphatic heterocycles. The standard InChI is InChI=1S/C20H19ClN2O3S/c21-13-8-6-12(7-9-13)11-16-22-19-18(14-3-1-4-15(14)27-19)20(26)23(16)10-2-5-17(24)25/h6-9H,1-5,10-11H2,(H,24,25). The van der Waals surface area contributed by atoms with Crippen molar-refractivity contribution in [3.05, 3.63) is 61.5 Å². The van der Waals surface area contributed by atoms with Crippen LogP contribution >= 0.6 is 22.9 Å². The van der Waals surface area contributed by atoms with E-state index in [2.05, 4.69) is 0 Å². The van der Waals surface area contributed by atoms with Crippen LogP contribution in [0.4, 0.5) is 0 Å². The first kappa shape index (κ1) is 18.2. The summed E-state index contributed by atoms with van der Waals surface area (Å²) in [5.74, 6) is -0.173. The number of nitrogens with zero attached hydrogens (tertiary/aromatic N) is 2. The molecule has 140 valence electrons. The van der Waals surface area contributed by atoms with Crippen LogP contribution in [0.25, 0.3) is 10.2 Å². The molecule has 0 fully saturated rings. The molecule has 0 amide bonds. The Morgan fingerprint density at radius 2 is 2.04 bits per heavy atom. The van der Waals surface area contributed by atoms with Crippen molar-refractivity contribution in [2.75, 3.05) is 0 Å². The van der Waals surface area contributed by atoms with E-state index in [1.54, 1.807) is 15.9 Å². The van der Waals surface area contributed by atoms with Crippen LogP contribution in [0.3, 0.4) is 0 Å². The van der Waals surface area contributed by atoms with Crippen molar-refractivity contribution in [2.45, 2.75) is 45.1 Å². The molecular weight excluding hydrogens is 384 g/mol. The van der Waals surface area contributed by atoms with Gasteiger partial charge in [-0.05, 0) is 48.9 Å². The maximum atomic E-state index is 13.3. The Bertz CT molecular complexity index is 1070. The summed E-state index contributed by atoms with van der Waals surface area (Å²) in [7, 11) is 0. The lowest BCUT2D eigenvalue weighted by Crippen LogP contribution is -2.26. The summed E-state index contributed by atoms with van der Waals surface area (Å²) in [4.78, 5) is 31.0. The second-order valence-electron chi connectivity index (χ2n) is 6.82. The number of rotatable bonds is 6. The SMILES string of the molecule is O=C(O)CCCn1c(Cc2ccc(Cl)cc2)nc2sc3c(c2c1=O)CCC3. The lowest BCUT2D eigenvalue weighted by molar-refractivity contribution is -0.137. The van der Waals surface area contributed by atoms with Gasteiger partial charge in [-0.1, -0.05) is 23.7 Å². The largest absolute Gasteiger partial charge is 0.481 e. The molecule has 2 aromatic heterocycles. The van der Waals surface area contributed by atoms with Crippen LogP contribution in [0.2, 0.25) is 5.02 Å². The summed E-state index contributed by atoms with van der Waals surface area (Å²) >= 11 is 7.59. The van der Waals surface area contributed by atoms with Crippen LogP contribution in [0.15, 0.2) is 29.1 Å². The van der Waals surface area contributed by atoms with Gasteiger partial charge in [0.25, 0.3) is 5.56 Å². The van der Waals surface area contributed by atoms with Gasteiger partial charge in [0.2, 0.25) is 0 Å². The molecule has 4 rings (SSSR count). The van der Waals surface area contributed by atoms with Crippen molar-refractivity contribution in [2.24, 2.45) is 0 Å². The van der Waals surface area contributed by atoms with Crippen LogP contribution in [0.1, 0.15) is 41.1 Å². The summed E-state index contributed by atoms with van der Waals surface area (Å²) in [5, 5.41) is 10.3. The summed E-state index contributed by atoms with van der Waals surface area (Å²) in [6.45, 7) is 0.363. The van der Waals surface area contributed by atoms with E-state index in [1.807, 2.05) is 24.3 Å². The van der Waals surface area contributed by atoms with Crippen molar-refractivity contribution >= 4 is 39.1 Å². The Morgan fingerprint density at radius 3 is 2.78 bits per heavy atom. The molecule has 5 nitrogen and oxygen atoms in total. The van der Waals surface area contributed by atoms with E-state index in [4.69, 9.17) is 21.7 Å². The number of aliphatic carboxylic acids is 1. The van der Waals surface area contributed by atoms with Gasteiger partial charge in [0.05, 0.1) is 5.39 Å². The Hall–Kier alpha value is -2.18. The highest BCUT2D eigenvalue weighted by Crippen LogP contribution is 2.35.